The van der Waals surface area contributed by atoms with E-state index in [-0.39, 0.29) is 6.09 Å². The highest BCUT2D eigenvalue weighted by Gasteiger charge is 2.27. The zero-order chi connectivity index (χ0) is 20.2. The molecule has 1 aromatic carbocycles. The quantitative estimate of drug-likeness (QED) is 0.525. The van der Waals surface area contributed by atoms with E-state index in [1.807, 2.05) is 32.9 Å². The number of methoxy groups -OCH3 is 2. The lowest BCUT2D eigenvalue weighted by Gasteiger charge is -2.37. The van der Waals surface area contributed by atoms with Crippen molar-refractivity contribution in [1.29, 1.82) is 0 Å². The predicted molar refractivity (Wildman–Crippen MR) is 107 cm³/mol. The van der Waals surface area contributed by atoms with Gasteiger partial charge in [-0.3, -0.25) is 0 Å². The molecule has 1 amide bonds. The highest BCUT2D eigenvalue weighted by atomic mass is 79.9. The molecule has 8 heteroatoms. The van der Waals surface area contributed by atoms with Crippen molar-refractivity contribution >= 4 is 33.7 Å². The minimum atomic E-state index is -0.504. The van der Waals surface area contributed by atoms with Gasteiger partial charge in [0.05, 0.1) is 14.2 Å². The van der Waals surface area contributed by atoms with Crippen LogP contribution in [0.2, 0.25) is 0 Å². The van der Waals surface area contributed by atoms with E-state index in [1.54, 1.807) is 4.90 Å². The van der Waals surface area contributed by atoms with Crippen molar-refractivity contribution < 1.29 is 23.8 Å². The Morgan fingerprint density at radius 3 is 2.22 bits per heavy atom. The van der Waals surface area contributed by atoms with Crippen LogP contribution in [0.3, 0.4) is 0 Å². The van der Waals surface area contributed by atoms with Gasteiger partial charge in [-0.1, -0.05) is 15.9 Å². The van der Waals surface area contributed by atoms with Crippen LogP contribution in [-0.2, 0) is 14.8 Å². The number of alkyl halides is 1. The molecule has 27 heavy (non-hydrogen) atoms. The summed E-state index contributed by atoms with van der Waals surface area (Å²) in [5, 5.41) is 0.500. The van der Waals surface area contributed by atoms with Gasteiger partial charge in [0.1, 0.15) is 16.9 Å². The minimum Gasteiger partial charge on any atom is -0.496 e. The van der Waals surface area contributed by atoms with Crippen LogP contribution >= 0.6 is 15.9 Å². The van der Waals surface area contributed by atoms with E-state index in [1.165, 1.54) is 14.2 Å². The lowest BCUT2D eigenvalue weighted by Crippen LogP contribution is -2.50. The third kappa shape index (κ3) is 5.28. The van der Waals surface area contributed by atoms with Crippen molar-refractivity contribution in [3.63, 3.8) is 0 Å². The standard InChI is InChI=1S/C19H27BrN2O5/c1-19(2,3)27-18(24)22-8-6-21(7-9-22)14-10-13(12-20)16(17(23)26-5)15(11-14)25-4/h10-11H,6-9,12H2,1-5H3. The van der Waals surface area contributed by atoms with Crippen LogP contribution in [0.15, 0.2) is 12.1 Å². The number of hydrogen-bond donors (Lipinski definition) is 0. The van der Waals surface area contributed by atoms with Crippen LogP contribution in [0.5, 0.6) is 5.75 Å². The Bertz CT molecular complexity index is 669. The molecule has 1 aliphatic rings. The molecule has 1 fully saturated rings. The molecular weight excluding hydrogens is 416 g/mol. The maximum atomic E-state index is 12.2. The number of esters is 1. The maximum absolute atomic E-state index is 12.2. The van der Waals surface area contributed by atoms with Gasteiger partial charge in [-0.2, -0.15) is 0 Å². The van der Waals surface area contributed by atoms with Crippen LogP contribution in [0.4, 0.5) is 10.5 Å². The zero-order valence-electron chi connectivity index (χ0n) is 16.5. The molecule has 1 heterocycles. The molecule has 7 nitrogen and oxygen atoms in total. The molecular formula is C19H27BrN2O5. The monoisotopic (exact) mass is 442 g/mol. The van der Waals surface area contributed by atoms with E-state index in [9.17, 15) is 9.59 Å². The molecule has 1 saturated heterocycles. The van der Waals surface area contributed by atoms with E-state index in [4.69, 9.17) is 14.2 Å². The Morgan fingerprint density at radius 2 is 1.74 bits per heavy atom. The van der Waals surface area contributed by atoms with Crippen LogP contribution in [0.1, 0.15) is 36.7 Å². The van der Waals surface area contributed by atoms with Crippen LogP contribution in [-0.4, -0.2) is 63.0 Å². The SMILES string of the molecule is COC(=O)c1c(CBr)cc(N2CCN(C(=O)OC(C)(C)C)CC2)cc1OC. The Hall–Kier alpha value is -1.96. The van der Waals surface area contributed by atoms with Crippen molar-refractivity contribution in [2.75, 3.05) is 45.3 Å². The molecule has 0 aromatic heterocycles. The summed E-state index contributed by atoms with van der Waals surface area (Å²) < 4.78 is 15.7. The van der Waals surface area contributed by atoms with Gasteiger partial charge in [-0.25, -0.2) is 9.59 Å². The van der Waals surface area contributed by atoms with Gasteiger partial charge in [0.25, 0.3) is 0 Å². The fourth-order valence-electron chi connectivity index (χ4n) is 2.91. The van der Waals surface area contributed by atoms with Crippen molar-refractivity contribution in [2.24, 2.45) is 0 Å². The molecule has 0 unspecified atom stereocenters. The number of amides is 1. The summed E-state index contributed by atoms with van der Waals surface area (Å²) >= 11 is 3.43. The molecule has 0 atom stereocenters. The second-order valence-electron chi connectivity index (χ2n) is 7.26. The Labute approximate surface area is 168 Å². The molecule has 0 saturated carbocycles. The third-order valence-corrected chi connectivity index (χ3v) is 4.82. The highest BCUT2D eigenvalue weighted by molar-refractivity contribution is 9.08. The van der Waals surface area contributed by atoms with E-state index < -0.39 is 11.6 Å². The van der Waals surface area contributed by atoms with Gasteiger partial charge < -0.3 is 24.0 Å². The average molecular weight is 443 g/mol. The molecule has 0 N–H and O–H groups in total. The number of anilines is 1. The van der Waals surface area contributed by atoms with Crippen molar-refractivity contribution in [3.8, 4) is 5.75 Å². The van der Waals surface area contributed by atoms with Crippen LogP contribution < -0.4 is 9.64 Å². The number of carbonyl (C=O) groups is 2. The molecule has 0 radical (unpaired) electrons. The number of benzene rings is 1. The summed E-state index contributed by atoms with van der Waals surface area (Å²) in [7, 11) is 2.88. The normalized spacial score (nSPS) is 14.7. The summed E-state index contributed by atoms with van der Waals surface area (Å²) in [6.07, 6.45) is -0.290. The van der Waals surface area contributed by atoms with Gasteiger partial charge in [-0.05, 0) is 32.4 Å². The third-order valence-electron chi connectivity index (χ3n) is 4.22. The van der Waals surface area contributed by atoms with E-state index in [0.717, 1.165) is 11.3 Å². The van der Waals surface area contributed by atoms with Crippen molar-refractivity contribution in [1.82, 2.24) is 4.90 Å². The first-order valence-corrected chi connectivity index (χ1v) is 9.90. The predicted octanol–water partition coefficient (Wildman–Crippen LogP) is 3.43. The number of piperazine rings is 1. The first-order chi connectivity index (χ1) is 12.7. The Kier molecular flexibility index (Phi) is 6.97. The smallest absolute Gasteiger partial charge is 0.410 e. The Balaban J connectivity index is 2.16. The summed E-state index contributed by atoms with van der Waals surface area (Å²) in [5.74, 6) is 0.0472. The number of ether oxygens (including phenoxy) is 3. The number of halogens is 1. The molecule has 150 valence electrons. The number of rotatable bonds is 4. The second-order valence-corrected chi connectivity index (χ2v) is 7.82. The summed E-state index contributed by atoms with van der Waals surface area (Å²) in [4.78, 5) is 28.2. The minimum absolute atomic E-state index is 0.290. The Morgan fingerprint density at radius 1 is 1.11 bits per heavy atom. The van der Waals surface area contributed by atoms with E-state index in [0.29, 0.717) is 42.8 Å². The first kappa shape index (κ1) is 21.3. The van der Waals surface area contributed by atoms with Gasteiger partial charge in [0.2, 0.25) is 0 Å². The molecule has 0 aliphatic carbocycles. The zero-order valence-corrected chi connectivity index (χ0v) is 18.1. The fraction of sp³-hybridized carbons (Fsp3) is 0.579. The van der Waals surface area contributed by atoms with E-state index in [2.05, 4.69) is 20.8 Å². The number of nitrogens with zero attached hydrogens (tertiary/aromatic N) is 2. The molecule has 1 aliphatic heterocycles. The number of hydrogen-bond acceptors (Lipinski definition) is 6. The summed E-state index contributed by atoms with van der Waals surface area (Å²) in [5.41, 5.74) is 1.66. The molecule has 0 spiro atoms. The van der Waals surface area contributed by atoms with E-state index >= 15 is 0 Å². The lowest BCUT2D eigenvalue weighted by molar-refractivity contribution is 0.0240. The molecule has 0 bridgehead atoms. The van der Waals surface area contributed by atoms with Gasteiger partial charge in [0, 0.05) is 43.3 Å². The molecule has 2 rings (SSSR count). The first-order valence-electron chi connectivity index (χ1n) is 8.78. The maximum Gasteiger partial charge on any atom is 0.410 e. The molecule has 1 aromatic rings. The topological polar surface area (TPSA) is 68.3 Å². The lowest BCUT2D eigenvalue weighted by atomic mass is 10.1. The van der Waals surface area contributed by atoms with Crippen LogP contribution in [0.25, 0.3) is 0 Å². The van der Waals surface area contributed by atoms with Crippen molar-refractivity contribution in [3.05, 3.63) is 23.3 Å². The summed E-state index contributed by atoms with van der Waals surface area (Å²) in [6.45, 7) is 8.05. The van der Waals surface area contributed by atoms with Gasteiger partial charge >= 0.3 is 12.1 Å². The second kappa shape index (κ2) is 8.82. The average Bonchev–Trinajstić information content (AvgIpc) is 2.64. The van der Waals surface area contributed by atoms with Gasteiger partial charge in [0.15, 0.2) is 0 Å². The van der Waals surface area contributed by atoms with Crippen LogP contribution in [0, 0.1) is 0 Å². The number of carbonyl (C=O) groups excluding carboxylic acids is 2. The largest absolute Gasteiger partial charge is 0.496 e. The fourth-order valence-corrected chi connectivity index (χ4v) is 3.36. The summed E-state index contributed by atoms with van der Waals surface area (Å²) in [6, 6.07) is 3.79. The highest BCUT2D eigenvalue weighted by Crippen LogP contribution is 2.32. The van der Waals surface area contributed by atoms with Gasteiger partial charge in [-0.15, -0.1) is 0 Å². The van der Waals surface area contributed by atoms with Crippen molar-refractivity contribution in [2.45, 2.75) is 31.7 Å².